The van der Waals surface area contributed by atoms with E-state index in [2.05, 4.69) is 137 Å². The van der Waals surface area contributed by atoms with Crippen LogP contribution in [0.25, 0.3) is 106 Å². The molecular weight excluding hydrogens is 733 g/mol. The van der Waals surface area contributed by atoms with Crippen LogP contribution >= 0.6 is 0 Å². The lowest BCUT2D eigenvalue weighted by Gasteiger charge is -2.15. The fourth-order valence-corrected chi connectivity index (χ4v) is 9.02. The molecule has 1 aliphatic carbocycles. The van der Waals surface area contributed by atoms with Crippen LogP contribution in [-0.4, -0.2) is 29.3 Å². The van der Waals surface area contributed by atoms with Gasteiger partial charge in [0.05, 0.1) is 28.4 Å². The average Bonchev–Trinajstić information content (AvgIpc) is 3.90. The van der Waals surface area contributed by atoms with Crippen LogP contribution in [0.1, 0.15) is 17.5 Å². The van der Waals surface area contributed by atoms with E-state index in [9.17, 15) is 0 Å². The van der Waals surface area contributed by atoms with Gasteiger partial charge in [-0.05, 0) is 94.4 Å². The maximum absolute atomic E-state index is 5.03. The molecule has 0 amide bonds. The first-order chi connectivity index (χ1) is 29.7. The summed E-state index contributed by atoms with van der Waals surface area (Å²) in [5.74, 6) is 1.91. The first-order valence-electron chi connectivity index (χ1n) is 20.4. The fraction of sp³-hybridized carbons (Fsp3) is 0.0370. The van der Waals surface area contributed by atoms with E-state index in [0.717, 1.165) is 68.5 Å². The van der Waals surface area contributed by atoms with Gasteiger partial charge in [-0.15, -0.1) is 0 Å². The maximum Gasteiger partial charge on any atom is 0.164 e. The van der Waals surface area contributed by atoms with Gasteiger partial charge in [0.2, 0.25) is 0 Å². The molecule has 11 aromatic rings. The summed E-state index contributed by atoms with van der Waals surface area (Å²) in [6.45, 7) is 0. The first kappa shape index (κ1) is 34.1. The summed E-state index contributed by atoms with van der Waals surface area (Å²) in [5.41, 5.74) is 13.2. The van der Waals surface area contributed by atoms with Gasteiger partial charge in [-0.3, -0.25) is 0 Å². The van der Waals surface area contributed by atoms with E-state index in [1.54, 1.807) is 0 Å². The van der Waals surface area contributed by atoms with Crippen LogP contribution in [0.15, 0.2) is 188 Å². The third kappa shape index (κ3) is 5.64. The minimum absolute atomic E-state index is 0.626. The maximum atomic E-state index is 5.03. The number of para-hydroxylation sites is 1. The zero-order chi connectivity index (χ0) is 39.6. The Balaban J connectivity index is 0.996. The predicted octanol–water partition coefficient (Wildman–Crippen LogP) is 13.1. The molecule has 12 rings (SSSR count). The molecular formula is C54H36N6. The SMILES string of the molecule is C1=Cc2c(ccc3ccc4c(c5cc6cnn(-c7cccc(-c8cccc(-c9nc(-c%10ccccc%10)nc(-c%10ccccc%10)n9)c8)c7)c6cc5n4-c4ccccc4)c23)CC1. The quantitative estimate of drug-likeness (QED) is 0.169. The summed E-state index contributed by atoms with van der Waals surface area (Å²) >= 11 is 0. The van der Waals surface area contributed by atoms with Crippen LogP contribution in [0.3, 0.4) is 0 Å². The van der Waals surface area contributed by atoms with E-state index in [-0.39, 0.29) is 0 Å². The van der Waals surface area contributed by atoms with Crippen LogP contribution in [-0.2, 0) is 6.42 Å². The van der Waals surface area contributed by atoms with Gasteiger partial charge >= 0.3 is 0 Å². The summed E-state index contributed by atoms with van der Waals surface area (Å²) in [7, 11) is 0. The van der Waals surface area contributed by atoms with E-state index >= 15 is 0 Å². The molecule has 0 spiro atoms. The highest BCUT2D eigenvalue weighted by molar-refractivity contribution is 6.25. The molecule has 3 heterocycles. The van der Waals surface area contributed by atoms with E-state index in [0.29, 0.717) is 17.5 Å². The summed E-state index contributed by atoms with van der Waals surface area (Å²) < 4.78 is 4.49. The molecule has 3 aromatic heterocycles. The molecule has 0 saturated heterocycles. The number of aryl methyl sites for hydroxylation is 1. The smallest absolute Gasteiger partial charge is 0.164 e. The second-order valence-corrected chi connectivity index (χ2v) is 15.5. The van der Waals surface area contributed by atoms with Crippen molar-refractivity contribution in [3.05, 3.63) is 199 Å². The monoisotopic (exact) mass is 768 g/mol. The molecule has 0 bridgehead atoms. The molecule has 0 aliphatic heterocycles. The van der Waals surface area contributed by atoms with Crippen molar-refractivity contribution < 1.29 is 0 Å². The van der Waals surface area contributed by atoms with Crippen molar-refractivity contribution in [1.29, 1.82) is 0 Å². The lowest BCUT2D eigenvalue weighted by Crippen LogP contribution is -2.00. The lowest BCUT2D eigenvalue weighted by molar-refractivity contribution is 0.911. The molecule has 0 N–H and O–H groups in total. The Morgan fingerprint density at radius 1 is 0.433 bits per heavy atom. The molecule has 282 valence electrons. The van der Waals surface area contributed by atoms with Gasteiger partial charge in [-0.25, -0.2) is 19.6 Å². The van der Waals surface area contributed by atoms with E-state index in [1.807, 2.05) is 66.9 Å². The first-order valence-corrected chi connectivity index (χ1v) is 20.4. The second kappa shape index (κ2) is 13.9. The molecule has 0 atom stereocenters. The van der Waals surface area contributed by atoms with Crippen LogP contribution in [0.4, 0.5) is 0 Å². The minimum Gasteiger partial charge on any atom is -0.309 e. The Hall–Kier alpha value is -7.96. The Morgan fingerprint density at radius 3 is 1.80 bits per heavy atom. The molecule has 6 nitrogen and oxygen atoms in total. The molecule has 0 fully saturated rings. The highest BCUT2D eigenvalue weighted by Crippen LogP contribution is 2.42. The molecule has 0 radical (unpaired) electrons. The molecule has 6 heteroatoms. The van der Waals surface area contributed by atoms with Gasteiger partial charge in [-0.2, -0.15) is 5.10 Å². The number of hydrogen-bond acceptors (Lipinski definition) is 4. The van der Waals surface area contributed by atoms with Crippen molar-refractivity contribution in [2.24, 2.45) is 0 Å². The van der Waals surface area contributed by atoms with Crippen molar-refractivity contribution in [1.82, 2.24) is 29.3 Å². The number of fused-ring (bicyclic) bond motifs is 8. The fourth-order valence-electron chi connectivity index (χ4n) is 9.02. The molecule has 60 heavy (non-hydrogen) atoms. The number of nitrogens with zero attached hydrogens (tertiary/aromatic N) is 6. The Morgan fingerprint density at radius 2 is 1.05 bits per heavy atom. The van der Waals surface area contributed by atoms with Crippen LogP contribution in [0, 0.1) is 0 Å². The van der Waals surface area contributed by atoms with Gasteiger partial charge in [0.1, 0.15) is 0 Å². The zero-order valence-electron chi connectivity index (χ0n) is 32.6. The Labute approximate surface area is 346 Å². The Kier molecular flexibility index (Phi) is 7.88. The minimum atomic E-state index is 0.626. The van der Waals surface area contributed by atoms with E-state index in [1.165, 1.54) is 38.2 Å². The van der Waals surface area contributed by atoms with Gasteiger partial charge < -0.3 is 4.57 Å². The van der Waals surface area contributed by atoms with Gasteiger partial charge in [0, 0.05) is 38.5 Å². The van der Waals surface area contributed by atoms with Crippen molar-refractivity contribution in [2.75, 3.05) is 0 Å². The van der Waals surface area contributed by atoms with Gasteiger partial charge in [-0.1, -0.05) is 140 Å². The summed E-state index contributed by atoms with van der Waals surface area (Å²) in [6.07, 6.45) is 8.80. The van der Waals surface area contributed by atoms with Gasteiger partial charge in [0.25, 0.3) is 0 Å². The topological polar surface area (TPSA) is 61.4 Å². The molecule has 1 aliphatic rings. The standard InChI is InChI=1S/C54H36N6/c1-4-15-37(16-5-1)52-56-53(38-17-6-2-7-18-38)58-54(57-52)41-21-12-19-39(30-41)40-20-13-24-44(31-40)60-48-33-49-46(32-42(48)34-55-60)51-47(59(49)43-22-8-3-9-23-43)29-28-36-27-26-35-14-10-11-25-45(35)50(36)51/h1-9,11-13,15-34H,10,14H2. The third-order valence-electron chi connectivity index (χ3n) is 11.9. The number of allylic oxidation sites excluding steroid dienone is 1. The second-order valence-electron chi connectivity index (χ2n) is 15.5. The summed E-state index contributed by atoms with van der Waals surface area (Å²) in [5, 5.41) is 11.2. The molecule has 0 saturated carbocycles. The largest absolute Gasteiger partial charge is 0.309 e. The molecule has 8 aromatic carbocycles. The van der Waals surface area contributed by atoms with Gasteiger partial charge in [0.15, 0.2) is 17.5 Å². The van der Waals surface area contributed by atoms with Crippen molar-refractivity contribution >= 4 is 49.6 Å². The third-order valence-corrected chi connectivity index (χ3v) is 11.9. The molecule has 0 unspecified atom stereocenters. The van der Waals surface area contributed by atoms with E-state index in [4.69, 9.17) is 20.1 Å². The van der Waals surface area contributed by atoms with E-state index < -0.39 is 0 Å². The zero-order valence-corrected chi connectivity index (χ0v) is 32.6. The number of benzene rings is 8. The highest BCUT2D eigenvalue weighted by Gasteiger charge is 2.21. The van der Waals surface area contributed by atoms with Crippen LogP contribution in [0.2, 0.25) is 0 Å². The normalized spacial score (nSPS) is 12.5. The van der Waals surface area contributed by atoms with Crippen molar-refractivity contribution in [3.8, 4) is 56.7 Å². The average molecular weight is 769 g/mol. The van der Waals surface area contributed by atoms with Crippen LogP contribution in [0.5, 0.6) is 0 Å². The summed E-state index contributed by atoms with van der Waals surface area (Å²) in [6, 6.07) is 61.8. The number of aromatic nitrogens is 6. The van der Waals surface area contributed by atoms with Crippen LogP contribution < -0.4 is 0 Å². The lowest BCUT2D eigenvalue weighted by atomic mass is 9.90. The summed E-state index contributed by atoms with van der Waals surface area (Å²) in [4.78, 5) is 14.9. The predicted molar refractivity (Wildman–Crippen MR) is 245 cm³/mol. The number of rotatable bonds is 6. The number of hydrogen-bond donors (Lipinski definition) is 0. The Bertz CT molecular complexity index is 3420. The van der Waals surface area contributed by atoms with Crippen molar-refractivity contribution in [2.45, 2.75) is 12.8 Å². The van der Waals surface area contributed by atoms with Crippen molar-refractivity contribution in [3.63, 3.8) is 0 Å². The highest BCUT2D eigenvalue weighted by atomic mass is 15.3.